The van der Waals surface area contributed by atoms with E-state index >= 15 is 0 Å². The lowest BCUT2D eigenvalue weighted by Gasteiger charge is -2.06. The van der Waals surface area contributed by atoms with Crippen molar-refractivity contribution in [1.29, 1.82) is 0 Å². The molecule has 15 heavy (non-hydrogen) atoms. The van der Waals surface area contributed by atoms with E-state index in [0.717, 1.165) is 15.4 Å². The van der Waals surface area contributed by atoms with Gasteiger partial charge in [0.1, 0.15) is 0 Å². The molecule has 1 aromatic heterocycles. The van der Waals surface area contributed by atoms with Crippen molar-refractivity contribution in [2.75, 3.05) is 4.72 Å². The molecule has 0 aliphatic rings. The largest absolute Gasteiger partial charge is 0.289 e. The van der Waals surface area contributed by atoms with Crippen molar-refractivity contribution in [2.45, 2.75) is 0 Å². The third-order valence-electron chi connectivity index (χ3n) is 1.88. The van der Waals surface area contributed by atoms with E-state index in [1.807, 2.05) is 12.1 Å². The monoisotopic (exact) mass is 286 g/mol. The van der Waals surface area contributed by atoms with E-state index in [9.17, 15) is 4.21 Å². The summed E-state index contributed by atoms with van der Waals surface area (Å²) in [5.74, 6) is 0. The van der Waals surface area contributed by atoms with Gasteiger partial charge in [-0.1, -0.05) is 15.9 Å². The Morgan fingerprint density at radius 3 is 3.00 bits per heavy atom. The Morgan fingerprint density at radius 1 is 1.47 bits per heavy atom. The summed E-state index contributed by atoms with van der Waals surface area (Å²) in [5.41, 5.74) is 1.34. The van der Waals surface area contributed by atoms with Crippen molar-refractivity contribution in [3.05, 3.63) is 34.9 Å². The molecule has 2 aromatic rings. The van der Waals surface area contributed by atoms with Gasteiger partial charge in [-0.3, -0.25) is 14.3 Å². The Labute approximate surface area is 97.3 Å². The van der Waals surface area contributed by atoms with Crippen LogP contribution in [0.1, 0.15) is 0 Å². The van der Waals surface area contributed by atoms with Gasteiger partial charge in [-0.2, -0.15) is 0 Å². The number of aromatic nitrogens is 1. The smallest absolute Gasteiger partial charge is 0.259 e. The maximum Gasteiger partial charge on any atom is 0.259 e. The molecule has 0 bridgehead atoms. The van der Waals surface area contributed by atoms with E-state index in [-0.39, 0.29) is 0 Å². The molecule has 0 aliphatic carbocycles. The van der Waals surface area contributed by atoms with Crippen LogP contribution < -0.4 is 4.72 Å². The average molecular weight is 287 g/mol. The van der Waals surface area contributed by atoms with E-state index in [4.69, 9.17) is 4.55 Å². The molecule has 1 aromatic carbocycles. The van der Waals surface area contributed by atoms with Crippen LogP contribution in [0.25, 0.3) is 10.9 Å². The Bertz CT molecular complexity index is 533. The topological polar surface area (TPSA) is 62.2 Å². The molecular weight excluding hydrogens is 280 g/mol. The second-order valence-electron chi connectivity index (χ2n) is 2.87. The number of nitrogens with zero attached hydrogens (tertiary/aromatic N) is 1. The number of nitrogens with one attached hydrogen (secondary N) is 1. The van der Waals surface area contributed by atoms with Gasteiger partial charge >= 0.3 is 0 Å². The molecule has 0 amide bonds. The molecule has 1 heterocycles. The van der Waals surface area contributed by atoms with Gasteiger partial charge in [0.2, 0.25) is 0 Å². The van der Waals surface area contributed by atoms with E-state index in [1.54, 1.807) is 18.3 Å². The molecule has 0 fully saturated rings. The highest BCUT2D eigenvalue weighted by atomic mass is 79.9. The van der Waals surface area contributed by atoms with Crippen molar-refractivity contribution >= 4 is 43.8 Å². The standard InChI is InChI=1S/C9H7BrN2O2S/c10-6-4-8-7(2-1-3-11-8)9(5-6)12-15(13)14/h1-5,12H,(H,13,14). The Kier molecular flexibility index (Phi) is 2.99. The van der Waals surface area contributed by atoms with Gasteiger partial charge in [-0.15, -0.1) is 0 Å². The van der Waals surface area contributed by atoms with Crippen LogP contribution in [0.3, 0.4) is 0 Å². The van der Waals surface area contributed by atoms with Crippen LogP contribution in [0.2, 0.25) is 0 Å². The number of pyridine rings is 1. The molecule has 1 unspecified atom stereocenters. The van der Waals surface area contributed by atoms with Gasteiger partial charge in [0.05, 0.1) is 11.2 Å². The second kappa shape index (κ2) is 4.26. The predicted molar refractivity (Wildman–Crippen MR) is 63.8 cm³/mol. The van der Waals surface area contributed by atoms with E-state index < -0.39 is 11.3 Å². The summed E-state index contributed by atoms with van der Waals surface area (Å²) >= 11 is 1.23. The zero-order valence-corrected chi connectivity index (χ0v) is 9.88. The molecule has 0 radical (unpaired) electrons. The summed E-state index contributed by atoms with van der Waals surface area (Å²) in [6.45, 7) is 0. The van der Waals surface area contributed by atoms with Gasteiger partial charge in [0.15, 0.2) is 0 Å². The quantitative estimate of drug-likeness (QED) is 0.834. The molecule has 0 saturated carbocycles. The second-order valence-corrected chi connectivity index (χ2v) is 4.49. The number of anilines is 1. The maximum absolute atomic E-state index is 10.7. The number of fused-ring (bicyclic) bond motifs is 1. The van der Waals surface area contributed by atoms with Crippen LogP contribution >= 0.6 is 15.9 Å². The lowest BCUT2D eigenvalue weighted by molar-refractivity contribution is 0.570. The summed E-state index contributed by atoms with van der Waals surface area (Å²) in [5, 5.41) is 0.808. The Hall–Kier alpha value is -0.980. The predicted octanol–water partition coefficient (Wildman–Crippen LogP) is 2.55. The van der Waals surface area contributed by atoms with Crippen LogP contribution in [0.15, 0.2) is 34.9 Å². The molecule has 0 saturated heterocycles. The molecule has 0 spiro atoms. The fraction of sp³-hybridized carbons (Fsp3) is 0. The van der Waals surface area contributed by atoms with E-state index in [1.165, 1.54) is 0 Å². The Balaban J connectivity index is 2.65. The third kappa shape index (κ3) is 2.34. The van der Waals surface area contributed by atoms with Crippen molar-refractivity contribution in [3.8, 4) is 0 Å². The third-order valence-corrected chi connectivity index (χ3v) is 2.74. The first-order chi connectivity index (χ1) is 7.16. The SMILES string of the molecule is O=S(O)Nc1cc(Br)cc2ncccc12. The molecule has 4 nitrogen and oxygen atoms in total. The van der Waals surface area contributed by atoms with E-state index in [2.05, 4.69) is 25.6 Å². The summed E-state index contributed by atoms with van der Waals surface area (Å²) in [4.78, 5) is 4.16. The first-order valence-electron chi connectivity index (χ1n) is 4.08. The lowest BCUT2D eigenvalue weighted by Crippen LogP contribution is -2.02. The molecule has 78 valence electrons. The molecule has 2 rings (SSSR count). The fourth-order valence-electron chi connectivity index (χ4n) is 1.33. The number of hydrogen-bond acceptors (Lipinski definition) is 2. The fourth-order valence-corrected chi connectivity index (χ4v) is 2.13. The van der Waals surface area contributed by atoms with Crippen molar-refractivity contribution < 1.29 is 8.76 Å². The molecular formula is C9H7BrN2O2S. The van der Waals surface area contributed by atoms with Crippen molar-refractivity contribution in [3.63, 3.8) is 0 Å². The van der Waals surface area contributed by atoms with Crippen LogP contribution in [0, 0.1) is 0 Å². The lowest BCUT2D eigenvalue weighted by atomic mass is 10.2. The summed E-state index contributed by atoms with van der Waals surface area (Å²) in [6, 6.07) is 7.20. The highest BCUT2D eigenvalue weighted by Gasteiger charge is 2.04. The van der Waals surface area contributed by atoms with Crippen molar-refractivity contribution in [2.24, 2.45) is 0 Å². The summed E-state index contributed by atoms with van der Waals surface area (Å²) in [7, 11) is 0. The van der Waals surface area contributed by atoms with Crippen LogP contribution in [0.4, 0.5) is 5.69 Å². The van der Waals surface area contributed by atoms with Crippen LogP contribution in [-0.2, 0) is 11.3 Å². The number of rotatable bonds is 2. The zero-order valence-electron chi connectivity index (χ0n) is 7.48. The molecule has 1 atom stereocenters. The minimum absolute atomic E-state index is 0.577. The van der Waals surface area contributed by atoms with Gasteiger partial charge in [0.25, 0.3) is 11.3 Å². The summed E-state index contributed by atoms with van der Waals surface area (Å²) in [6.07, 6.45) is 1.68. The molecule has 6 heteroatoms. The van der Waals surface area contributed by atoms with Gasteiger partial charge < -0.3 is 0 Å². The van der Waals surface area contributed by atoms with Crippen LogP contribution in [-0.4, -0.2) is 13.7 Å². The minimum Gasteiger partial charge on any atom is -0.289 e. The molecule has 0 aliphatic heterocycles. The number of hydrogen-bond donors (Lipinski definition) is 2. The van der Waals surface area contributed by atoms with Gasteiger partial charge in [0, 0.05) is 16.1 Å². The highest BCUT2D eigenvalue weighted by Crippen LogP contribution is 2.26. The maximum atomic E-state index is 10.7. The number of benzene rings is 1. The first-order valence-corrected chi connectivity index (χ1v) is 5.98. The van der Waals surface area contributed by atoms with Crippen molar-refractivity contribution in [1.82, 2.24) is 4.98 Å². The highest BCUT2D eigenvalue weighted by molar-refractivity contribution is 9.10. The Morgan fingerprint density at radius 2 is 2.27 bits per heavy atom. The van der Waals surface area contributed by atoms with E-state index in [0.29, 0.717) is 5.69 Å². The van der Waals surface area contributed by atoms with Gasteiger partial charge in [-0.25, -0.2) is 4.21 Å². The van der Waals surface area contributed by atoms with Crippen LogP contribution in [0.5, 0.6) is 0 Å². The van der Waals surface area contributed by atoms with Gasteiger partial charge in [-0.05, 0) is 24.3 Å². The normalized spacial score (nSPS) is 12.7. The first kappa shape index (κ1) is 10.5. The minimum atomic E-state index is -2.08. The average Bonchev–Trinajstić information content (AvgIpc) is 2.16. The number of halogens is 1. The summed E-state index contributed by atoms with van der Waals surface area (Å²) < 4.78 is 22.7. The molecule has 2 N–H and O–H groups in total. The zero-order chi connectivity index (χ0) is 10.8.